The van der Waals surface area contributed by atoms with Gasteiger partial charge in [-0.15, -0.1) is 0 Å². The van der Waals surface area contributed by atoms with Crippen LogP contribution in [0.25, 0.3) is 0 Å². The summed E-state index contributed by atoms with van der Waals surface area (Å²) >= 11 is 0. The molecule has 1 aliphatic heterocycles. The van der Waals surface area contributed by atoms with Gasteiger partial charge in [0.2, 0.25) is 0 Å². The Kier molecular flexibility index (Phi) is 3.14. The van der Waals surface area contributed by atoms with Crippen LogP contribution in [0.5, 0.6) is 0 Å². The first-order valence-corrected chi connectivity index (χ1v) is 4.80. The highest BCUT2D eigenvalue weighted by molar-refractivity contribution is 5.75. The minimum atomic E-state index is -0.665. The van der Waals surface area contributed by atoms with E-state index in [1.165, 1.54) is 0 Å². The van der Waals surface area contributed by atoms with Crippen LogP contribution in [0.15, 0.2) is 0 Å². The first kappa shape index (κ1) is 10.3. The second-order valence-corrected chi connectivity index (χ2v) is 3.94. The molecule has 4 heteroatoms. The summed E-state index contributed by atoms with van der Waals surface area (Å²) in [6, 6.07) is -0.0556. The third-order valence-electron chi connectivity index (χ3n) is 2.16. The van der Waals surface area contributed by atoms with Gasteiger partial charge in [0.1, 0.15) is 0 Å². The molecule has 1 saturated heterocycles. The van der Waals surface area contributed by atoms with Crippen molar-refractivity contribution in [2.24, 2.45) is 0 Å². The number of nitrogens with one attached hydrogen (secondary N) is 1. The van der Waals surface area contributed by atoms with E-state index in [9.17, 15) is 9.90 Å². The molecule has 0 aromatic heterocycles. The maximum atomic E-state index is 11.3. The summed E-state index contributed by atoms with van der Waals surface area (Å²) in [5.74, 6) is 0. The van der Waals surface area contributed by atoms with E-state index in [2.05, 4.69) is 12.2 Å². The van der Waals surface area contributed by atoms with E-state index >= 15 is 0 Å². The highest BCUT2D eigenvalue weighted by Crippen LogP contribution is 2.19. The number of nitrogens with zero attached hydrogens (tertiary/aromatic N) is 1. The van der Waals surface area contributed by atoms with Crippen LogP contribution in [-0.2, 0) is 0 Å². The lowest BCUT2D eigenvalue weighted by molar-refractivity contribution is -0.0606. The Bertz CT molecular complexity index is 184. The highest BCUT2D eigenvalue weighted by atomic mass is 16.3. The van der Waals surface area contributed by atoms with E-state index < -0.39 is 5.60 Å². The summed E-state index contributed by atoms with van der Waals surface area (Å²) in [4.78, 5) is 12.9. The third-order valence-corrected chi connectivity index (χ3v) is 2.16. The maximum absolute atomic E-state index is 11.3. The van der Waals surface area contributed by atoms with Crippen molar-refractivity contribution in [1.29, 1.82) is 0 Å². The number of aliphatic hydroxyl groups is 1. The van der Waals surface area contributed by atoms with Gasteiger partial charge in [-0.1, -0.05) is 13.3 Å². The van der Waals surface area contributed by atoms with Crippen molar-refractivity contribution in [3.8, 4) is 0 Å². The minimum absolute atomic E-state index is 0.0556. The summed E-state index contributed by atoms with van der Waals surface area (Å²) in [5.41, 5.74) is -0.665. The van der Waals surface area contributed by atoms with Gasteiger partial charge in [-0.25, -0.2) is 4.79 Å². The number of urea groups is 1. The molecule has 1 rings (SSSR count). The molecule has 0 atom stereocenters. The lowest BCUT2D eigenvalue weighted by atomic mass is 9.98. The SMILES string of the molecule is CCCCNC(=O)N1CC(C)(O)C1. The molecule has 0 aliphatic carbocycles. The molecule has 76 valence electrons. The average molecular weight is 186 g/mol. The number of likely N-dealkylation sites (tertiary alicyclic amines) is 1. The minimum Gasteiger partial charge on any atom is -0.386 e. The molecule has 1 heterocycles. The van der Waals surface area contributed by atoms with Crippen molar-refractivity contribution in [2.45, 2.75) is 32.3 Å². The Hall–Kier alpha value is -0.770. The normalized spacial score (nSPS) is 19.5. The Morgan fingerprint density at radius 1 is 1.62 bits per heavy atom. The molecule has 2 amide bonds. The molecular weight excluding hydrogens is 168 g/mol. The molecule has 0 saturated carbocycles. The lowest BCUT2D eigenvalue weighted by Gasteiger charge is -2.43. The van der Waals surface area contributed by atoms with Gasteiger partial charge in [0.15, 0.2) is 0 Å². The third kappa shape index (κ3) is 2.88. The fourth-order valence-electron chi connectivity index (χ4n) is 1.40. The molecule has 0 aromatic carbocycles. The molecule has 0 unspecified atom stereocenters. The van der Waals surface area contributed by atoms with Crippen molar-refractivity contribution < 1.29 is 9.90 Å². The van der Waals surface area contributed by atoms with Crippen molar-refractivity contribution in [1.82, 2.24) is 10.2 Å². The molecule has 1 fully saturated rings. The van der Waals surface area contributed by atoms with Crippen molar-refractivity contribution in [3.63, 3.8) is 0 Å². The van der Waals surface area contributed by atoms with Crippen LogP contribution in [0.1, 0.15) is 26.7 Å². The summed E-state index contributed by atoms with van der Waals surface area (Å²) in [6.07, 6.45) is 2.09. The first-order chi connectivity index (χ1) is 6.05. The van der Waals surface area contributed by atoms with Gasteiger partial charge in [-0.05, 0) is 13.3 Å². The van der Waals surface area contributed by atoms with Gasteiger partial charge in [0, 0.05) is 6.54 Å². The molecule has 0 bridgehead atoms. The maximum Gasteiger partial charge on any atom is 0.317 e. The molecule has 0 spiro atoms. The van der Waals surface area contributed by atoms with Gasteiger partial charge in [0.05, 0.1) is 18.7 Å². The second-order valence-electron chi connectivity index (χ2n) is 3.94. The van der Waals surface area contributed by atoms with Crippen LogP contribution in [0.2, 0.25) is 0 Å². The lowest BCUT2D eigenvalue weighted by Crippen LogP contribution is -2.63. The van der Waals surface area contributed by atoms with Crippen molar-refractivity contribution in [2.75, 3.05) is 19.6 Å². The molecule has 0 radical (unpaired) electrons. The summed E-state index contributed by atoms with van der Waals surface area (Å²) in [6.45, 7) is 5.45. The van der Waals surface area contributed by atoms with Crippen LogP contribution < -0.4 is 5.32 Å². The summed E-state index contributed by atoms with van der Waals surface area (Å²) < 4.78 is 0. The topological polar surface area (TPSA) is 52.6 Å². The Balaban J connectivity index is 2.12. The van der Waals surface area contributed by atoms with E-state index in [1.54, 1.807) is 11.8 Å². The van der Waals surface area contributed by atoms with E-state index in [1.807, 2.05) is 0 Å². The molecule has 1 aliphatic rings. The van der Waals surface area contributed by atoms with E-state index in [0.717, 1.165) is 19.4 Å². The van der Waals surface area contributed by atoms with Crippen molar-refractivity contribution in [3.05, 3.63) is 0 Å². The van der Waals surface area contributed by atoms with E-state index in [4.69, 9.17) is 0 Å². The van der Waals surface area contributed by atoms with E-state index in [0.29, 0.717) is 13.1 Å². The number of carbonyl (C=O) groups excluding carboxylic acids is 1. The van der Waals surface area contributed by atoms with Crippen LogP contribution >= 0.6 is 0 Å². The number of unbranched alkanes of at least 4 members (excludes halogenated alkanes) is 1. The number of β-amino-alcohol motifs (C(OH)–C–C–N with tert-alkyl or cyclic N) is 1. The van der Waals surface area contributed by atoms with Gasteiger partial charge in [0.25, 0.3) is 0 Å². The number of hydrogen-bond acceptors (Lipinski definition) is 2. The Morgan fingerprint density at radius 2 is 2.23 bits per heavy atom. The fourth-order valence-corrected chi connectivity index (χ4v) is 1.40. The van der Waals surface area contributed by atoms with Crippen LogP contribution in [0, 0.1) is 0 Å². The monoisotopic (exact) mass is 186 g/mol. The predicted octanol–water partition coefficient (Wildman–Crippen LogP) is 0.563. The zero-order valence-corrected chi connectivity index (χ0v) is 8.34. The smallest absolute Gasteiger partial charge is 0.317 e. The van der Waals surface area contributed by atoms with Gasteiger partial charge in [-0.3, -0.25) is 0 Å². The highest BCUT2D eigenvalue weighted by Gasteiger charge is 2.39. The zero-order chi connectivity index (χ0) is 9.90. The number of hydrogen-bond donors (Lipinski definition) is 2. The predicted molar refractivity (Wildman–Crippen MR) is 50.5 cm³/mol. The Labute approximate surface area is 78.9 Å². The van der Waals surface area contributed by atoms with Gasteiger partial charge < -0.3 is 15.3 Å². The van der Waals surface area contributed by atoms with Crippen LogP contribution in [0.4, 0.5) is 4.79 Å². The Morgan fingerprint density at radius 3 is 2.69 bits per heavy atom. The standard InChI is InChI=1S/C9H18N2O2/c1-3-4-5-10-8(12)11-6-9(2,13)7-11/h13H,3-7H2,1-2H3,(H,10,12). The molecular formula is C9H18N2O2. The van der Waals surface area contributed by atoms with Crippen LogP contribution in [0.3, 0.4) is 0 Å². The molecule has 4 nitrogen and oxygen atoms in total. The summed E-state index contributed by atoms with van der Waals surface area (Å²) in [7, 11) is 0. The van der Waals surface area contributed by atoms with E-state index in [-0.39, 0.29) is 6.03 Å². The number of carbonyl (C=O) groups is 1. The number of rotatable bonds is 3. The molecule has 0 aromatic rings. The largest absolute Gasteiger partial charge is 0.386 e. The van der Waals surface area contributed by atoms with Crippen LogP contribution in [-0.4, -0.2) is 41.3 Å². The number of amides is 2. The zero-order valence-electron chi connectivity index (χ0n) is 8.34. The quantitative estimate of drug-likeness (QED) is 0.633. The average Bonchev–Trinajstić information content (AvgIpc) is 2.00. The second kappa shape index (κ2) is 3.96. The fraction of sp³-hybridized carbons (Fsp3) is 0.889. The molecule has 2 N–H and O–H groups in total. The summed E-state index contributed by atoms with van der Waals surface area (Å²) in [5, 5.41) is 12.2. The molecule has 13 heavy (non-hydrogen) atoms. The van der Waals surface area contributed by atoms with Crippen molar-refractivity contribution >= 4 is 6.03 Å². The van der Waals surface area contributed by atoms with Gasteiger partial charge >= 0.3 is 6.03 Å². The van der Waals surface area contributed by atoms with Gasteiger partial charge in [-0.2, -0.15) is 0 Å². The first-order valence-electron chi connectivity index (χ1n) is 4.80.